The van der Waals surface area contributed by atoms with Crippen LogP contribution in [0.3, 0.4) is 0 Å². The summed E-state index contributed by atoms with van der Waals surface area (Å²) in [6.45, 7) is 9.65. The Balaban J connectivity index is 0.00000158. The second-order valence-corrected chi connectivity index (χ2v) is 15.2. The number of aromatic nitrogens is 1. The lowest BCUT2D eigenvalue weighted by Gasteiger charge is -2.58. The third-order valence-corrected chi connectivity index (χ3v) is 13.3. The summed E-state index contributed by atoms with van der Waals surface area (Å²) >= 11 is 0. The fraction of sp³-hybridized carbons (Fsp3) is 0.750. The molecule has 40 heavy (non-hydrogen) atoms. The Morgan fingerprint density at radius 2 is 1.75 bits per heavy atom. The predicted octanol–water partition coefficient (Wildman–Crippen LogP) is 5.17. The maximum Gasteiger partial charge on any atom is 0.250 e. The van der Waals surface area contributed by atoms with Crippen molar-refractivity contribution in [2.75, 3.05) is 13.1 Å². The molecule has 0 aromatic carbocycles. The Kier molecular flexibility index (Phi) is 8.28. The standard InChI is InChI=1S/C30H42N2O5S.C2H6/c1-29-13-11-21(33)17-20(29)5-7-23-24-8-9-26(30(24,2)14-12-25(23)29)27(34)19-31-18-22(6-10-28(31)35)38(36,37)32-15-3-4-16-32;1-2/h5-6,10,18,21,23-26,33H,3-4,7-9,11-17,19H2,1-2H3;1-2H3. The SMILES string of the molecule is CC.CC12CCC(O)CC1=CCC1C2CCC2(C)C(C(=O)Cn3cc(S(=O)(=O)N4CCCC4)ccc3=O)CCC12. The highest BCUT2D eigenvalue weighted by Gasteiger charge is 2.59. The van der Waals surface area contributed by atoms with E-state index >= 15 is 0 Å². The fourth-order valence-corrected chi connectivity index (χ4v) is 10.8. The molecule has 2 heterocycles. The van der Waals surface area contributed by atoms with Gasteiger partial charge in [-0.3, -0.25) is 9.59 Å². The van der Waals surface area contributed by atoms with E-state index in [4.69, 9.17) is 0 Å². The number of hydrogen-bond donors (Lipinski definition) is 1. The first kappa shape index (κ1) is 29.7. The van der Waals surface area contributed by atoms with Crippen molar-refractivity contribution in [3.05, 3.63) is 40.3 Å². The molecule has 5 aliphatic rings. The van der Waals surface area contributed by atoms with Crippen LogP contribution < -0.4 is 5.56 Å². The van der Waals surface area contributed by atoms with E-state index in [0.29, 0.717) is 30.8 Å². The number of aliphatic hydroxyl groups excluding tert-OH is 1. The number of carbonyl (C=O) groups is 1. The molecular weight excluding hydrogens is 524 g/mol. The number of aliphatic hydroxyl groups is 1. The molecule has 222 valence electrons. The molecule has 4 fully saturated rings. The van der Waals surface area contributed by atoms with E-state index in [-0.39, 0.29) is 45.6 Å². The largest absolute Gasteiger partial charge is 0.393 e. The smallest absolute Gasteiger partial charge is 0.250 e. The minimum atomic E-state index is -3.66. The third-order valence-electron chi connectivity index (χ3n) is 11.5. The molecule has 7 atom stereocenters. The highest BCUT2D eigenvalue weighted by molar-refractivity contribution is 7.89. The number of sulfonamides is 1. The summed E-state index contributed by atoms with van der Waals surface area (Å²) in [6, 6.07) is 2.66. The lowest BCUT2D eigenvalue weighted by Crippen LogP contribution is -2.51. The zero-order valence-electron chi connectivity index (χ0n) is 24.8. The molecule has 0 amide bonds. The fourth-order valence-electron chi connectivity index (χ4n) is 9.31. The van der Waals surface area contributed by atoms with Crippen LogP contribution in [0.5, 0.6) is 0 Å². The van der Waals surface area contributed by atoms with Gasteiger partial charge in [0.05, 0.1) is 17.5 Å². The molecule has 7 unspecified atom stereocenters. The van der Waals surface area contributed by atoms with Gasteiger partial charge in [-0.2, -0.15) is 4.31 Å². The monoisotopic (exact) mass is 572 g/mol. The van der Waals surface area contributed by atoms with Crippen LogP contribution in [0.15, 0.2) is 39.7 Å². The quantitative estimate of drug-likeness (QED) is 0.491. The number of carbonyl (C=O) groups excluding carboxylic acids is 1. The minimum Gasteiger partial charge on any atom is -0.393 e. The van der Waals surface area contributed by atoms with Gasteiger partial charge >= 0.3 is 0 Å². The van der Waals surface area contributed by atoms with Crippen molar-refractivity contribution in [1.82, 2.24) is 8.87 Å². The minimum absolute atomic E-state index is 0.0605. The van der Waals surface area contributed by atoms with Crippen LogP contribution in [0.25, 0.3) is 0 Å². The maximum atomic E-state index is 13.8. The summed E-state index contributed by atoms with van der Waals surface area (Å²) in [5, 5.41) is 10.3. The van der Waals surface area contributed by atoms with Crippen LogP contribution >= 0.6 is 0 Å². The van der Waals surface area contributed by atoms with Crippen molar-refractivity contribution in [2.45, 2.75) is 109 Å². The number of pyridine rings is 1. The van der Waals surface area contributed by atoms with Crippen LogP contribution in [0.4, 0.5) is 0 Å². The molecular formula is C32H48N2O5S. The Hall–Kier alpha value is -1.77. The summed E-state index contributed by atoms with van der Waals surface area (Å²) < 4.78 is 28.9. The van der Waals surface area contributed by atoms with E-state index < -0.39 is 10.0 Å². The molecule has 1 saturated heterocycles. The van der Waals surface area contributed by atoms with Crippen LogP contribution in [0.1, 0.15) is 91.9 Å². The van der Waals surface area contributed by atoms with E-state index in [1.165, 1.54) is 32.8 Å². The van der Waals surface area contributed by atoms with Gasteiger partial charge in [-0.25, -0.2) is 8.42 Å². The molecule has 1 aliphatic heterocycles. The Morgan fingerprint density at radius 3 is 2.48 bits per heavy atom. The van der Waals surface area contributed by atoms with E-state index in [1.807, 2.05) is 13.8 Å². The van der Waals surface area contributed by atoms with E-state index in [0.717, 1.165) is 64.2 Å². The van der Waals surface area contributed by atoms with Gasteiger partial charge in [-0.15, -0.1) is 0 Å². The van der Waals surface area contributed by atoms with E-state index in [2.05, 4.69) is 19.9 Å². The van der Waals surface area contributed by atoms with Crippen molar-refractivity contribution < 1.29 is 18.3 Å². The molecule has 0 radical (unpaired) electrons. The average molecular weight is 573 g/mol. The number of rotatable bonds is 5. The van der Waals surface area contributed by atoms with Gasteiger partial charge in [0.2, 0.25) is 10.0 Å². The molecule has 0 spiro atoms. The molecule has 6 rings (SSSR count). The number of hydrogen-bond acceptors (Lipinski definition) is 5. The van der Waals surface area contributed by atoms with Gasteiger partial charge in [0.15, 0.2) is 5.78 Å². The number of ketones is 1. The first-order valence-corrected chi connectivity index (χ1v) is 17.1. The second kappa shape index (κ2) is 11.1. The lowest BCUT2D eigenvalue weighted by atomic mass is 9.47. The number of fused-ring (bicyclic) bond motifs is 5. The summed E-state index contributed by atoms with van der Waals surface area (Å²) in [6.07, 6.45) is 13.1. The van der Waals surface area contributed by atoms with Gasteiger partial charge in [0, 0.05) is 31.3 Å². The normalized spacial score (nSPS) is 37.4. The van der Waals surface area contributed by atoms with Gasteiger partial charge in [0.25, 0.3) is 5.56 Å². The number of nitrogens with zero attached hydrogens (tertiary/aromatic N) is 2. The average Bonchev–Trinajstić information content (AvgIpc) is 3.60. The van der Waals surface area contributed by atoms with Crippen molar-refractivity contribution >= 4 is 15.8 Å². The zero-order valence-corrected chi connectivity index (χ0v) is 25.6. The van der Waals surface area contributed by atoms with Crippen molar-refractivity contribution in [3.63, 3.8) is 0 Å². The molecule has 1 aromatic heterocycles. The van der Waals surface area contributed by atoms with Gasteiger partial charge in [-0.05, 0) is 98.9 Å². The maximum absolute atomic E-state index is 13.8. The molecule has 1 aromatic rings. The highest BCUT2D eigenvalue weighted by Crippen LogP contribution is 2.66. The lowest BCUT2D eigenvalue weighted by molar-refractivity contribution is -0.130. The van der Waals surface area contributed by atoms with E-state index in [1.54, 1.807) is 0 Å². The first-order valence-electron chi connectivity index (χ1n) is 15.6. The first-order chi connectivity index (χ1) is 19.0. The highest BCUT2D eigenvalue weighted by atomic mass is 32.2. The molecule has 3 saturated carbocycles. The van der Waals surface area contributed by atoms with Crippen LogP contribution in [0.2, 0.25) is 0 Å². The Labute approximate surface area is 240 Å². The Bertz CT molecular complexity index is 1310. The van der Waals surface area contributed by atoms with Crippen molar-refractivity contribution in [1.29, 1.82) is 0 Å². The second-order valence-electron chi connectivity index (χ2n) is 13.2. The van der Waals surface area contributed by atoms with Gasteiger partial charge in [-0.1, -0.05) is 39.3 Å². The molecule has 1 N–H and O–H groups in total. The van der Waals surface area contributed by atoms with Crippen molar-refractivity contribution in [2.24, 2.45) is 34.5 Å². The van der Waals surface area contributed by atoms with Crippen LogP contribution in [-0.4, -0.2) is 47.4 Å². The van der Waals surface area contributed by atoms with Crippen LogP contribution in [-0.2, 0) is 21.4 Å². The molecule has 7 nitrogen and oxygen atoms in total. The van der Waals surface area contributed by atoms with Gasteiger partial charge in [0.1, 0.15) is 0 Å². The molecule has 4 aliphatic carbocycles. The van der Waals surface area contributed by atoms with Crippen molar-refractivity contribution in [3.8, 4) is 0 Å². The summed E-state index contributed by atoms with van der Waals surface area (Å²) in [4.78, 5) is 26.6. The zero-order chi connectivity index (χ0) is 28.9. The number of allylic oxidation sites excluding steroid dienone is 1. The summed E-state index contributed by atoms with van der Waals surface area (Å²) in [5.74, 6) is 1.61. The summed E-state index contributed by atoms with van der Waals surface area (Å²) in [5.41, 5.74) is 1.20. The summed E-state index contributed by atoms with van der Waals surface area (Å²) in [7, 11) is -3.66. The topological polar surface area (TPSA) is 96.7 Å². The Morgan fingerprint density at radius 1 is 1.02 bits per heavy atom. The predicted molar refractivity (Wildman–Crippen MR) is 156 cm³/mol. The number of Topliss-reactive ketones (excluding diaryl/α,β-unsaturated/α-hetero) is 1. The van der Waals surface area contributed by atoms with E-state index in [9.17, 15) is 23.1 Å². The molecule has 0 bridgehead atoms. The third kappa shape index (κ3) is 4.86. The van der Waals surface area contributed by atoms with Crippen LogP contribution in [0, 0.1) is 34.5 Å². The van der Waals surface area contributed by atoms with Gasteiger partial charge < -0.3 is 9.67 Å². The molecule has 8 heteroatoms.